The Labute approximate surface area is 115 Å². The van der Waals surface area contributed by atoms with Crippen LogP contribution < -0.4 is 0 Å². The van der Waals surface area contributed by atoms with Gasteiger partial charge >= 0.3 is 0 Å². The first-order chi connectivity index (χ1) is 9.38. The fourth-order valence-electron chi connectivity index (χ4n) is 2.13. The van der Waals surface area contributed by atoms with E-state index in [9.17, 15) is 0 Å². The normalized spacial score (nSPS) is 11.9. The number of benzene rings is 1. The van der Waals surface area contributed by atoms with Crippen LogP contribution in [0.5, 0.6) is 0 Å². The monoisotopic (exact) mass is 265 g/mol. The Kier molecular flexibility index (Phi) is 3.13. The maximum atomic E-state index is 8.87. The van der Waals surface area contributed by atoms with Gasteiger partial charge in [-0.2, -0.15) is 16.6 Å². The summed E-state index contributed by atoms with van der Waals surface area (Å²) in [6.07, 6.45) is 5.56. The van der Waals surface area contributed by atoms with Gasteiger partial charge in [0.15, 0.2) is 0 Å². The molecule has 0 amide bonds. The van der Waals surface area contributed by atoms with Crippen LogP contribution in [0.1, 0.15) is 22.7 Å². The molecule has 1 aromatic carbocycles. The van der Waals surface area contributed by atoms with Crippen LogP contribution in [0.15, 0.2) is 59.8 Å². The molecule has 2 aromatic heterocycles. The van der Waals surface area contributed by atoms with Gasteiger partial charge in [-0.05, 0) is 40.1 Å². The molecule has 0 saturated heterocycles. The molecule has 1 atom stereocenters. The molecule has 0 radical (unpaired) electrons. The zero-order chi connectivity index (χ0) is 13.1. The molecule has 2 heterocycles. The van der Waals surface area contributed by atoms with Crippen molar-refractivity contribution in [2.75, 3.05) is 0 Å². The molecule has 4 heteroatoms. The summed E-state index contributed by atoms with van der Waals surface area (Å²) >= 11 is 1.68. The van der Waals surface area contributed by atoms with E-state index in [1.165, 1.54) is 5.56 Å². The fourth-order valence-corrected chi connectivity index (χ4v) is 2.81. The van der Waals surface area contributed by atoms with Crippen LogP contribution in [0.2, 0.25) is 0 Å². The van der Waals surface area contributed by atoms with E-state index in [2.05, 4.69) is 32.4 Å². The molecular weight excluding hydrogens is 254 g/mol. The largest absolute Gasteiger partial charge is 0.326 e. The van der Waals surface area contributed by atoms with Crippen LogP contribution >= 0.6 is 11.3 Å². The summed E-state index contributed by atoms with van der Waals surface area (Å²) in [4.78, 5) is 4.13. The van der Waals surface area contributed by atoms with Gasteiger partial charge in [0.05, 0.1) is 24.0 Å². The van der Waals surface area contributed by atoms with E-state index in [0.717, 1.165) is 5.56 Å². The lowest BCUT2D eigenvalue weighted by Gasteiger charge is -2.18. The van der Waals surface area contributed by atoms with Crippen LogP contribution in [0, 0.1) is 11.3 Å². The number of hydrogen-bond donors (Lipinski definition) is 0. The van der Waals surface area contributed by atoms with Gasteiger partial charge in [0.25, 0.3) is 0 Å². The molecule has 0 bridgehead atoms. The molecule has 92 valence electrons. The van der Waals surface area contributed by atoms with Crippen molar-refractivity contribution in [3.63, 3.8) is 0 Å². The third-order valence-electron chi connectivity index (χ3n) is 3.04. The first-order valence-corrected chi connectivity index (χ1v) is 6.82. The molecule has 3 aromatic rings. The van der Waals surface area contributed by atoms with Gasteiger partial charge in [0, 0.05) is 12.4 Å². The maximum absolute atomic E-state index is 8.87. The summed E-state index contributed by atoms with van der Waals surface area (Å²) < 4.78 is 2.07. The summed E-state index contributed by atoms with van der Waals surface area (Å²) in [5.74, 6) is 0. The standard InChI is InChI=1S/C15H11N3S/c16-9-12-1-3-13(4-2-12)15(14-5-8-19-10-14)18-7-6-17-11-18/h1-8,10-11,15H. The van der Waals surface area contributed by atoms with Gasteiger partial charge in [0.2, 0.25) is 0 Å². The molecule has 19 heavy (non-hydrogen) atoms. The van der Waals surface area contributed by atoms with E-state index in [1.807, 2.05) is 36.8 Å². The Morgan fingerprint density at radius 3 is 2.58 bits per heavy atom. The molecule has 3 rings (SSSR count). The average molecular weight is 265 g/mol. The highest BCUT2D eigenvalue weighted by molar-refractivity contribution is 7.08. The van der Waals surface area contributed by atoms with Gasteiger partial charge in [0.1, 0.15) is 0 Å². The van der Waals surface area contributed by atoms with Crippen molar-refractivity contribution in [2.24, 2.45) is 0 Å². The van der Waals surface area contributed by atoms with Crippen molar-refractivity contribution >= 4 is 11.3 Å². The highest BCUT2D eigenvalue weighted by Gasteiger charge is 2.16. The van der Waals surface area contributed by atoms with E-state index in [1.54, 1.807) is 17.5 Å². The zero-order valence-electron chi connectivity index (χ0n) is 10.1. The number of imidazole rings is 1. The van der Waals surface area contributed by atoms with E-state index >= 15 is 0 Å². The van der Waals surface area contributed by atoms with E-state index in [4.69, 9.17) is 5.26 Å². The molecule has 1 unspecified atom stereocenters. The molecule has 0 spiro atoms. The van der Waals surface area contributed by atoms with Gasteiger partial charge in [-0.3, -0.25) is 0 Å². The SMILES string of the molecule is N#Cc1ccc(C(c2ccsc2)n2ccnc2)cc1. The van der Waals surface area contributed by atoms with Crippen molar-refractivity contribution in [2.45, 2.75) is 6.04 Å². The average Bonchev–Trinajstić information content (AvgIpc) is 3.13. The molecule has 0 saturated carbocycles. The molecule has 0 aliphatic heterocycles. The predicted molar refractivity (Wildman–Crippen MR) is 74.9 cm³/mol. The lowest BCUT2D eigenvalue weighted by molar-refractivity contribution is 0.679. The second-order valence-corrected chi connectivity index (χ2v) is 4.98. The Balaban J connectivity index is 2.07. The lowest BCUT2D eigenvalue weighted by atomic mass is 10.00. The predicted octanol–water partition coefficient (Wildman–Crippen LogP) is 3.45. The van der Waals surface area contributed by atoms with Crippen molar-refractivity contribution in [1.29, 1.82) is 5.26 Å². The van der Waals surface area contributed by atoms with Crippen molar-refractivity contribution in [3.8, 4) is 6.07 Å². The number of nitriles is 1. The van der Waals surface area contributed by atoms with Crippen molar-refractivity contribution in [1.82, 2.24) is 9.55 Å². The van der Waals surface area contributed by atoms with Gasteiger partial charge in [-0.15, -0.1) is 0 Å². The summed E-state index contributed by atoms with van der Waals surface area (Å²) in [6.45, 7) is 0. The summed E-state index contributed by atoms with van der Waals surface area (Å²) in [7, 11) is 0. The Morgan fingerprint density at radius 1 is 1.16 bits per heavy atom. The molecule has 0 fully saturated rings. The van der Waals surface area contributed by atoms with E-state index in [0.29, 0.717) is 5.56 Å². The number of rotatable bonds is 3. The van der Waals surface area contributed by atoms with Crippen molar-refractivity contribution in [3.05, 3.63) is 76.5 Å². The first-order valence-electron chi connectivity index (χ1n) is 5.88. The van der Waals surface area contributed by atoms with Crippen LogP contribution in [0.4, 0.5) is 0 Å². The number of thiophene rings is 1. The number of hydrogen-bond acceptors (Lipinski definition) is 3. The second kappa shape index (κ2) is 5.09. The van der Waals surface area contributed by atoms with Crippen LogP contribution in [0.3, 0.4) is 0 Å². The molecular formula is C15H11N3S. The van der Waals surface area contributed by atoms with Crippen LogP contribution in [-0.4, -0.2) is 9.55 Å². The van der Waals surface area contributed by atoms with E-state index < -0.39 is 0 Å². The molecule has 0 aliphatic rings. The van der Waals surface area contributed by atoms with Gasteiger partial charge in [-0.25, -0.2) is 4.98 Å². The van der Waals surface area contributed by atoms with E-state index in [-0.39, 0.29) is 6.04 Å². The minimum Gasteiger partial charge on any atom is -0.326 e. The lowest BCUT2D eigenvalue weighted by Crippen LogP contribution is -2.09. The summed E-state index contributed by atoms with van der Waals surface area (Å²) in [5.41, 5.74) is 3.06. The van der Waals surface area contributed by atoms with Gasteiger partial charge < -0.3 is 4.57 Å². The first kappa shape index (κ1) is 11.7. The Hall–Kier alpha value is -2.38. The van der Waals surface area contributed by atoms with Crippen molar-refractivity contribution < 1.29 is 0 Å². The van der Waals surface area contributed by atoms with Crippen LogP contribution in [-0.2, 0) is 0 Å². The minimum atomic E-state index is 0.112. The van der Waals surface area contributed by atoms with Gasteiger partial charge in [-0.1, -0.05) is 12.1 Å². The smallest absolute Gasteiger partial charge is 0.0991 e. The summed E-state index contributed by atoms with van der Waals surface area (Å²) in [5, 5.41) is 13.1. The highest BCUT2D eigenvalue weighted by atomic mass is 32.1. The minimum absolute atomic E-state index is 0.112. The number of aromatic nitrogens is 2. The fraction of sp³-hybridized carbons (Fsp3) is 0.0667. The Morgan fingerprint density at radius 2 is 2.00 bits per heavy atom. The zero-order valence-corrected chi connectivity index (χ0v) is 10.9. The second-order valence-electron chi connectivity index (χ2n) is 4.20. The third-order valence-corrected chi connectivity index (χ3v) is 3.74. The quantitative estimate of drug-likeness (QED) is 0.727. The molecule has 0 N–H and O–H groups in total. The highest BCUT2D eigenvalue weighted by Crippen LogP contribution is 2.28. The topological polar surface area (TPSA) is 41.6 Å². The number of nitrogens with zero attached hydrogens (tertiary/aromatic N) is 3. The molecule has 3 nitrogen and oxygen atoms in total. The third kappa shape index (κ3) is 2.28. The maximum Gasteiger partial charge on any atom is 0.0991 e. The van der Waals surface area contributed by atoms with Crippen LogP contribution in [0.25, 0.3) is 0 Å². The Bertz CT molecular complexity index is 642. The molecule has 0 aliphatic carbocycles. The summed E-state index contributed by atoms with van der Waals surface area (Å²) in [6, 6.07) is 12.1.